The first-order chi connectivity index (χ1) is 20.8. The number of nitrogens with one attached hydrogen (secondary N) is 1. The van der Waals surface area contributed by atoms with Crippen LogP contribution in [0, 0.1) is 5.92 Å². The lowest BCUT2D eigenvalue weighted by Gasteiger charge is -2.31. The van der Waals surface area contributed by atoms with E-state index in [0.29, 0.717) is 19.4 Å². The smallest absolute Gasteiger partial charge is 0.407 e. The van der Waals surface area contributed by atoms with Crippen molar-refractivity contribution in [1.82, 2.24) is 9.79 Å². The zero-order valence-electron chi connectivity index (χ0n) is 24.0. The number of nitrogens with zero attached hydrogens (tertiary/aromatic N) is 1. The third-order valence-corrected chi connectivity index (χ3v) is 9.57. The molecule has 0 aromatic heterocycles. The number of hydrogen-bond acceptors (Lipinski definition) is 10. The highest BCUT2D eigenvalue weighted by Crippen LogP contribution is 2.33. The van der Waals surface area contributed by atoms with E-state index in [4.69, 9.17) is 28.9 Å². The van der Waals surface area contributed by atoms with Crippen LogP contribution in [-0.2, 0) is 35.5 Å². The van der Waals surface area contributed by atoms with Gasteiger partial charge >= 0.3 is 6.09 Å². The minimum atomic E-state index is -4.26. The van der Waals surface area contributed by atoms with Crippen LogP contribution in [0.2, 0.25) is 0 Å². The van der Waals surface area contributed by atoms with Crippen molar-refractivity contribution in [2.75, 3.05) is 33.0 Å². The summed E-state index contributed by atoms with van der Waals surface area (Å²) in [6, 6.07) is 14.3. The van der Waals surface area contributed by atoms with Gasteiger partial charge in [0.15, 0.2) is 6.29 Å². The van der Waals surface area contributed by atoms with Gasteiger partial charge in [0.25, 0.3) is 10.0 Å². The van der Waals surface area contributed by atoms with Crippen molar-refractivity contribution in [1.29, 1.82) is 0 Å². The summed E-state index contributed by atoms with van der Waals surface area (Å²) in [6.45, 7) is 0.101. The van der Waals surface area contributed by atoms with E-state index in [2.05, 4.69) is 5.32 Å². The first kappa shape index (κ1) is 31.6. The second kappa shape index (κ2) is 14.8. The van der Waals surface area contributed by atoms with Gasteiger partial charge in [0.1, 0.15) is 18.5 Å². The number of benzene rings is 2. The van der Waals surface area contributed by atoms with Crippen LogP contribution in [0.3, 0.4) is 0 Å². The number of aliphatic hydroxyl groups is 2. The van der Waals surface area contributed by atoms with Gasteiger partial charge in [0, 0.05) is 6.07 Å². The summed E-state index contributed by atoms with van der Waals surface area (Å²) in [5.74, 6) is 0.217. The summed E-state index contributed by atoms with van der Waals surface area (Å²) in [5.41, 5.74) is 0.833. The number of hydroxylamine groups is 1. The molecule has 1 saturated carbocycles. The first-order valence-corrected chi connectivity index (χ1v) is 16.2. The Bertz CT molecular complexity index is 1290. The number of amides is 1. The maximum atomic E-state index is 13.9. The van der Waals surface area contributed by atoms with Crippen molar-refractivity contribution >= 4 is 16.1 Å². The van der Waals surface area contributed by atoms with Crippen molar-refractivity contribution in [2.45, 2.75) is 74.1 Å². The average Bonchev–Trinajstić information content (AvgIpc) is 3.77. The molecule has 0 unspecified atom stereocenters. The third kappa shape index (κ3) is 8.24. The van der Waals surface area contributed by atoms with E-state index >= 15 is 0 Å². The highest BCUT2D eigenvalue weighted by atomic mass is 32.2. The molecule has 236 valence electrons. The summed E-state index contributed by atoms with van der Waals surface area (Å²) in [6.07, 6.45) is 0.843. The Hall–Kier alpha value is -2.78. The topological polar surface area (TPSA) is 153 Å². The van der Waals surface area contributed by atoms with Crippen molar-refractivity contribution < 1.29 is 47.2 Å². The molecule has 3 fully saturated rings. The lowest BCUT2D eigenvalue weighted by molar-refractivity contribution is -0.145. The molecule has 1 amide bonds. The Labute approximate surface area is 251 Å². The zero-order valence-corrected chi connectivity index (χ0v) is 24.8. The fourth-order valence-corrected chi connectivity index (χ4v) is 7.00. The van der Waals surface area contributed by atoms with Crippen LogP contribution < -0.4 is 10.1 Å². The molecule has 0 bridgehead atoms. The summed E-state index contributed by atoms with van der Waals surface area (Å²) >= 11 is 0. The molecule has 13 heteroatoms. The van der Waals surface area contributed by atoms with E-state index in [1.165, 1.54) is 18.2 Å². The second-order valence-electron chi connectivity index (χ2n) is 11.0. The van der Waals surface area contributed by atoms with Gasteiger partial charge in [-0.3, -0.25) is 4.84 Å². The summed E-state index contributed by atoms with van der Waals surface area (Å²) in [5, 5.41) is 23.4. The van der Waals surface area contributed by atoms with Gasteiger partial charge in [0.2, 0.25) is 0 Å². The zero-order chi connectivity index (χ0) is 30.2. The van der Waals surface area contributed by atoms with Gasteiger partial charge in [-0.2, -0.15) is 0 Å². The minimum absolute atomic E-state index is 0.00878. The Kier molecular flexibility index (Phi) is 10.9. The maximum absolute atomic E-state index is 13.9. The van der Waals surface area contributed by atoms with Crippen molar-refractivity contribution in [3.8, 4) is 5.75 Å². The molecule has 2 aromatic rings. The molecule has 2 aromatic carbocycles. The van der Waals surface area contributed by atoms with Gasteiger partial charge in [-0.15, -0.1) is 0 Å². The van der Waals surface area contributed by atoms with Gasteiger partial charge < -0.3 is 34.5 Å². The predicted octanol–water partition coefficient (Wildman–Crippen LogP) is 2.38. The molecule has 2 heterocycles. The largest absolute Gasteiger partial charge is 0.491 e. The Morgan fingerprint density at radius 3 is 2.63 bits per heavy atom. The highest BCUT2D eigenvalue weighted by molar-refractivity contribution is 7.89. The summed E-state index contributed by atoms with van der Waals surface area (Å²) in [4.78, 5) is 19.0. The van der Waals surface area contributed by atoms with E-state index in [9.17, 15) is 18.3 Å². The van der Waals surface area contributed by atoms with E-state index in [1.807, 2.05) is 30.3 Å². The SMILES string of the molecule is O=C(N[C@@H](Cc1ccccc1)[C@H](O)CN(OC1CCCC1)S(=O)(=O)c1cccc(OCCO)c1)O[C@H]1CO[C@H]2OCC[C@H]21. The van der Waals surface area contributed by atoms with Crippen LogP contribution in [0.25, 0.3) is 0 Å². The molecule has 3 aliphatic rings. The molecule has 12 nitrogen and oxygen atoms in total. The molecule has 5 rings (SSSR count). The Morgan fingerprint density at radius 1 is 1.07 bits per heavy atom. The standard InChI is InChI=1S/C30H40N2O10S/c33-14-16-38-23-11-6-12-24(18-23)43(36,37)32(42-22-9-4-5-10-22)19-27(34)26(17-21-7-2-1-3-8-21)31-30(35)41-28-20-40-29-25(28)13-15-39-29/h1-3,6-8,11-12,18,22,25-29,33-34H,4-5,9-10,13-17,19-20H2,(H,31,35)/t25-,26-,27+,28-,29+/m0/s1. The number of carbonyl (C=O) groups is 1. The molecule has 0 radical (unpaired) electrons. The van der Waals surface area contributed by atoms with E-state index in [-0.39, 0.29) is 55.2 Å². The molecule has 2 aliphatic heterocycles. The molecular formula is C30H40N2O10S. The van der Waals surface area contributed by atoms with Crippen LogP contribution in [0.1, 0.15) is 37.7 Å². The molecule has 43 heavy (non-hydrogen) atoms. The number of alkyl carbamates (subject to hydrolysis) is 1. The molecule has 0 spiro atoms. The minimum Gasteiger partial charge on any atom is -0.491 e. The van der Waals surface area contributed by atoms with Crippen LogP contribution in [0.4, 0.5) is 4.79 Å². The average molecular weight is 621 g/mol. The number of ether oxygens (including phenoxy) is 4. The quantitative estimate of drug-likeness (QED) is 0.268. The first-order valence-electron chi connectivity index (χ1n) is 14.8. The second-order valence-corrected chi connectivity index (χ2v) is 12.9. The number of rotatable bonds is 14. The fourth-order valence-electron chi connectivity index (χ4n) is 5.67. The molecular weight excluding hydrogens is 580 g/mol. The Morgan fingerprint density at radius 2 is 1.86 bits per heavy atom. The lowest BCUT2D eigenvalue weighted by atomic mass is 10.0. The van der Waals surface area contributed by atoms with Crippen molar-refractivity contribution in [2.24, 2.45) is 5.92 Å². The van der Waals surface area contributed by atoms with E-state index in [0.717, 1.165) is 29.3 Å². The number of aliphatic hydroxyl groups excluding tert-OH is 2. The maximum Gasteiger partial charge on any atom is 0.407 e. The molecule has 1 aliphatic carbocycles. The molecule has 5 atom stereocenters. The van der Waals surface area contributed by atoms with E-state index in [1.54, 1.807) is 6.07 Å². The van der Waals surface area contributed by atoms with Crippen LogP contribution in [0.15, 0.2) is 59.5 Å². The number of sulfonamides is 1. The lowest BCUT2D eigenvalue weighted by Crippen LogP contribution is -2.51. The highest BCUT2D eigenvalue weighted by Gasteiger charge is 2.44. The summed E-state index contributed by atoms with van der Waals surface area (Å²) in [7, 11) is -4.26. The number of fused-ring (bicyclic) bond motifs is 1. The normalized spacial score (nSPS) is 23.7. The van der Waals surface area contributed by atoms with Gasteiger partial charge in [-0.05, 0) is 43.4 Å². The third-order valence-electron chi connectivity index (χ3n) is 7.95. The number of hydrogen-bond donors (Lipinski definition) is 3. The van der Waals surface area contributed by atoms with Crippen LogP contribution >= 0.6 is 0 Å². The monoisotopic (exact) mass is 620 g/mol. The van der Waals surface area contributed by atoms with E-state index < -0.39 is 40.9 Å². The Balaban J connectivity index is 1.34. The fraction of sp³-hybridized carbons (Fsp3) is 0.567. The summed E-state index contributed by atoms with van der Waals surface area (Å²) < 4.78 is 50.7. The van der Waals surface area contributed by atoms with Crippen LogP contribution in [0.5, 0.6) is 5.75 Å². The molecule has 2 saturated heterocycles. The van der Waals surface area contributed by atoms with Gasteiger partial charge in [0.05, 0.1) is 55.4 Å². The number of carbonyl (C=O) groups excluding carboxylic acids is 1. The van der Waals surface area contributed by atoms with Gasteiger partial charge in [-0.1, -0.05) is 53.7 Å². The van der Waals surface area contributed by atoms with Crippen LogP contribution in [-0.4, -0.2) is 92.8 Å². The molecule has 3 N–H and O–H groups in total. The predicted molar refractivity (Wildman–Crippen MR) is 153 cm³/mol. The van der Waals surface area contributed by atoms with Crippen molar-refractivity contribution in [3.63, 3.8) is 0 Å². The van der Waals surface area contributed by atoms with Gasteiger partial charge in [-0.25, -0.2) is 13.2 Å². The van der Waals surface area contributed by atoms with Crippen molar-refractivity contribution in [3.05, 3.63) is 60.2 Å².